The van der Waals surface area contributed by atoms with Gasteiger partial charge in [-0.1, -0.05) is 0 Å². The molecule has 0 saturated heterocycles. The summed E-state index contributed by atoms with van der Waals surface area (Å²) in [4.78, 5) is -0.0719. The van der Waals surface area contributed by atoms with Crippen LogP contribution in [0.2, 0.25) is 0 Å². The zero-order valence-electron chi connectivity index (χ0n) is 11.2. The van der Waals surface area contributed by atoms with Crippen molar-refractivity contribution in [1.29, 1.82) is 5.26 Å². The van der Waals surface area contributed by atoms with Crippen LogP contribution < -0.4 is 15.2 Å². The molecule has 2 aromatic rings. The van der Waals surface area contributed by atoms with Crippen molar-refractivity contribution in [3.63, 3.8) is 0 Å². The highest BCUT2D eigenvalue weighted by Gasteiger charge is 2.17. The first-order valence-corrected chi connectivity index (χ1v) is 7.41. The number of nitrogens with two attached hydrogens (primary N) is 1. The lowest BCUT2D eigenvalue weighted by molar-refractivity contribution is 0.415. The molecule has 0 aliphatic heterocycles. The van der Waals surface area contributed by atoms with E-state index in [1.165, 1.54) is 25.3 Å². The summed E-state index contributed by atoms with van der Waals surface area (Å²) in [5.74, 6) is 0.621. The highest BCUT2D eigenvalue weighted by atomic mass is 32.2. The van der Waals surface area contributed by atoms with E-state index in [1.807, 2.05) is 6.07 Å². The molecule has 0 aliphatic rings. The number of ether oxygens (including phenoxy) is 1. The molecule has 7 heteroatoms. The van der Waals surface area contributed by atoms with E-state index in [4.69, 9.17) is 15.7 Å². The molecule has 0 radical (unpaired) electrons. The second-order valence-electron chi connectivity index (χ2n) is 4.20. The average Bonchev–Trinajstić information content (AvgIpc) is 2.47. The van der Waals surface area contributed by atoms with Gasteiger partial charge in [0.25, 0.3) is 10.0 Å². The topological polar surface area (TPSA) is 105 Å². The molecule has 0 fully saturated rings. The van der Waals surface area contributed by atoms with Gasteiger partial charge in [0.05, 0.1) is 24.4 Å². The Morgan fingerprint density at radius 2 is 1.86 bits per heavy atom. The summed E-state index contributed by atoms with van der Waals surface area (Å²) in [5.41, 5.74) is 6.41. The van der Waals surface area contributed by atoms with Gasteiger partial charge in [-0.3, -0.25) is 4.72 Å². The van der Waals surface area contributed by atoms with Gasteiger partial charge in [-0.05, 0) is 42.5 Å². The van der Waals surface area contributed by atoms with Crippen LogP contribution in [0.3, 0.4) is 0 Å². The maximum Gasteiger partial charge on any atom is 0.263 e. The fraction of sp³-hybridized carbons (Fsp3) is 0.0714. The van der Waals surface area contributed by atoms with Crippen molar-refractivity contribution in [1.82, 2.24) is 0 Å². The number of methoxy groups -OCH3 is 1. The summed E-state index contributed by atoms with van der Waals surface area (Å²) in [6.07, 6.45) is 0. The molecule has 2 aromatic carbocycles. The largest absolute Gasteiger partial charge is 0.497 e. The van der Waals surface area contributed by atoms with Crippen molar-refractivity contribution >= 4 is 21.4 Å². The van der Waals surface area contributed by atoms with E-state index in [9.17, 15) is 8.42 Å². The first kappa shape index (κ1) is 14.7. The van der Waals surface area contributed by atoms with Gasteiger partial charge in [0.1, 0.15) is 10.6 Å². The molecule has 0 bridgehead atoms. The normalized spacial score (nSPS) is 10.7. The number of benzene rings is 2. The van der Waals surface area contributed by atoms with Crippen molar-refractivity contribution < 1.29 is 13.2 Å². The average molecular weight is 303 g/mol. The Labute approximate surface area is 122 Å². The molecule has 6 nitrogen and oxygen atoms in total. The Morgan fingerprint density at radius 1 is 1.19 bits per heavy atom. The molecule has 21 heavy (non-hydrogen) atoms. The minimum atomic E-state index is -3.81. The van der Waals surface area contributed by atoms with Crippen molar-refractivity contribution in [2.45, 2.75) is 4.90 Å². The van der Waals surface area contributed by atoms with Crippen molar-refractivity contribution in [2.75, 3.05) is 17.6 Å². The quantitative estimate of drug-likeness (QED) is 0.840. The Hall–Kier alpha value is -2.72. The lowest BCUT2D eigenvalue weighted by Crippen LogP contribution is -2.14. The molecule has 3 N–H and O–H groups in total. The number of hydrogen-bond donors (Lipinski definition) is 2. The van der Waals surface area contributed by atoms with E-state index in [1.54, 1.807) is 24.3 Å². The molecular weight excluding hydrogens is 290 g/mol. The van der Waals surface area contributed by atoms with Crippen molar-refractivity contribution in [3.8, 4) is 11.8 Å². The van der Waals surface area contributed by atoms with Crippen LogP contribution in [-0.4, -0.2) is 15.5 Å². The van der Waals surface area contributed by atoms with Crippen LogP contribution >= 0.6 is 0 Å². The predicted octanol–water partition coefficient (Wildman–Crippen LogP) is 1.95. The first-order chi connectivity index (χ1) is 9.96. The lowest BCUT2D eigenvalue weighted by atomic mass is 10.2. The molecule has 0 saturated carbocycles. The third-order valence-electron chi connectivity index (χ3n) is 2.77. The number of nitrogens with one attached hydrogen (secondary N) is 1. The number of hydrogen-bond acceptors (Lipinski definition) is 5. The van der Waals surface area contributed by atoms with Crippen LogP contribution in [0.4, 0.5) is 11.4 Å². The third-order valence-corrected chi connectivity index (χ3v) is 4.23. The molecule has 2 rings (SSSR count). The van der Waals surface area contributed by atoms with E-state index in [0.717, 1.165) is 0 Å². The number of sulfonamides is 1. The van der Waals surface area contributed by atoms with Crippen LogP contribution in [0.25, 0.3) is 0 Å². The Balaban J connectivity index is 2.31. The molecular formula is C14H13N3O3S. The van der Waals surface area contributed by atoms with Gasteiger partial charge < -0.3 is 10.5 Å². The number of nitrogens with zero attached hydrogens (tertiary/aromatic N) is 1. The molecule has 0 aromatic heterocycles. The Morgan fingerprint density at radius 3 is 2.38 bits per heavy atom. The van der Waals surface area contributed by atoms with Gasteiger partial charge >= 0.3 is 0 Å². The van der Waals surface area contributed by atoms with Crippen LogP contribution in [0.1, 0.15) is 5.56 Å². The second kappa shape index (κ2) is 5.73. The van der Waals surface area contributed by atoms with Gasteiger partial charge in [0, 0.05) is 5.69 Å². The monoisotopic (exact) mass is 303 g/mol. The minimum absolute atomic E-state index is 0.0232. The summed E-state index contributed by atoms with van der Waals surface area (Å²) < 4.78 is 32.0. The third kappa shape index (κ3) is 3.24. The van der Waals surface area contributed by atoms with Gasteiger partial charge in [0.2, 0.25) is 0 Å². The highest BCUT2D eigenvalue weighted by molar-refractivity contribution is 7.92. The fourth-order valence-corrected chi connectivity index (χ4v) is 2.90. The van der Waals surface area contributed by atoms with E-state index < -0.39 is 10.0 Å². The zero-order valence-corrected chi connectivity index (χ0v) is 12.0. The van der Waals surface area contributed by atoms with Crippen LogP contribution in [0.15, 0.2) is 47.4 Å². The Bertz CT molecular complexity index is 793. The zero-order chi connectivity index (χ0) is 15.5. The van der Waals surface area contributed by atoms with Gasteiger partial charge in [-0.15, -0.1) is 0 Å². The van der Waals surface area contributed by atoms with Crippen LogP contribution in [0, 0.1) is 11.3 Å². The maximum atomic E-state index is 12.3. The maximum absolute atomic E-state index is 12.3. The SMILES string of the molecule is COc1ccc(NS(=O)(=O)c2ccc(C#N)cc2N)cc1. The van der Waals surface area contributed by atoms with Gasteiger partial charge in [-0.25, -0.2) is 8.42 Å². The van der Waals surface area contributed by atoms with E-state index in [2.05, 4.69) is 4.72 Å². The number of nitrogen functional groups attached to an aromatic ring is 1. The molecule has 0 spiro atoms. The van der Waals surface area contributed by atoms with E-state index in [0.29, 0.717) is 17.0 Å². The molecule has 0 heterocycles. The molecule has 108 valence electrons. The minimum Gasteiger partial charge on any atom is -0.497 e. The fourth-order valence-electron chi connectivity index (χ4n) is 1.73. The van der Waals surface area contributed by atoms with Gasteiger partial charge in [-0.2, -0.15) is 5.26 Å². The first-order valence-electron chi connectivity index (χ1n) is 5.93. The summed E-state index contributed by atoms with van der Waals surface area (Å²) in [7, 11) is -2.29. The highest BCUT2D eigenvalue weighted by Crippen LogP contribution is 2.23. The molecule has 0 atom stereocenters. The number of rotatable bonds is 4. The summed E-state index contributed by atoms with van der Waals surface area (Å²) in [5, 5.41) is 8.76. The second-order valence-corrected chi connectivity index (χ2v) is 5.85. The summed E-state index contributed by atoms with van der Waals surface area (Å²) in [6, 6.07) is 12.4. The summed E-state index contributed by atoms with van der Waals surface area (Å²) >= 11 is 0. The standard InChI is InChI=1S/C14H13N3O3S/c1-20-12-5-3-11(4-6-12)17-21(18,19)14-7-2-10(9-15)8-13(14)16/h2-8,17H,16H2,1H3. The van der Waals surface area contributed by atoms with E-state index >= 15 is 0 Å². The molecule has 0 aliphatic carbocycles. The van der Waals surface area contributed by atoms with Crippen molar-refractivity contribution in [3.05, 3.63) is 48.0 Å². The van der Waals surface area contributed by atoms with Crippen molar-refractivity contribution in [2.24, 2.45) is 0 Å². The van der Waals surface area contributed by atoms with E-state index in [-0.39, 0.29) is 10.6 Å². The van der Waals surface area contributed by atoms with Crippen LogP contribution in [0.5, 0.6) is 5.75 Å². The lowest BCUT2D eigenvalue weighted by Gasteiger charge is -2.10. The molecule has 0 unspecified atom stereocenters. The number of anilines is 2. The smallest absolute Gasteiger partial charge is 0.263 e. The summed E-state index contributed by atoms with van der Waals surface area (Å²) in [6.45, 7) is 0. The Kier molecular flexibility index (Phi) is 4.00. The predicted molar refractivity (Wildman–Crippen MR) is 79.4 cm³/mol. The molecule has 0 amide bonds. The van der Waals surface area contributed by atoms with Crippen LogP contribution in [-0.2, 0) is 10.0 Å². The van der Waals surface area contributed by atoms with Gasteiger partial charge in [0.15, 0.2) is 0 Å². The number of nitriles is 1.